The predicted molar refractivity (Wildman–Crippen MR) is 63.1 cm³/mol. The highest BCUT2D eigenvalue weighted by Crippen LogP contribution is 2.15. The van der Waals surface area contributed by atoms with Gasteiger partial charge in [0.15, 0.2) is 0 Å². The molecule has 0 aromatic carbocycles. The van der Waals surface area contributed by atoms with Crippen LogP contribution in [0.3, 0.4) is 0 Å². The second-order valence-electron chi connectivity index (χ2n) is 2.95. The molecule has 2 aromatic rings. The SMILES string of the molecule is CCc1nc(CNc2ccsc2)cs1. The van der Waals surface area contributed by atoms with Gasteiger partial charge in [-0.1, -0.05) is 6.92 Å². The number of aryl methyl sites for hydroxylation is 1. The van der Waals surface area contributed by atoms with Gasteiger partial charge in [0.1, 0.15) is 0 Å². The van der Waals surface area contributed by atoms with Crippen molar-refractivity contribution in [3.8, 4) is 0 Å². The molecule has 74 valence electrons. The molecule has 0 fully saturated rings. The Hall–Kier alpha value is -0.870. The van der Waals surface area contributed by atoms with Crippen molar-refractivity contribution in [3.05, 3.63) is 32.9 Å². The van der Waals surface area contributed by atoms with Crippen LogP contribution >= 0.6 is 22.7 Å². The van der Waals surface area contributed by atoms with Crippen molar-refractivity contribution in [3.63, 3.8) is 0 Å². The minimum absolute atomic E-state index is 0.827. The number of hydrogen-bond acceptors (Lipinski definition) is 4. The van der Waals surface area contributed by atoms with E-state index in [-0.39, 0.29) is 0 Å². The van der Waals surface area contributed by atoms with Crippen LogP contribution in [0.2, 0.25) is 0 Å². The van der Waals surface area contributed by atoms with Crippen LogP contribution in [0.4, 0.5) is 5.69 Å². The van der Waals surface area contributed by atoms with Crippen LogP contribution < -0.4 is 5.32 Å². The van der Waals surface area contributed by atoms with Gasteiger partial charge >= 0.3 is 0 Å². The van der Waals surface area contributed by atoms with Crippen molar-refractivity contribution in [2.24, 2.45) is 0 Å². The third-order valence-corrected chi connectivity index (χ3v) is 3.62. The zero-order chi connectivity index (χ0) is 9.80. The number of nitrogens with one attached hydrogen (secondary N) is 1. The van der Waals surface area contributed by atoms with Crippen LogP contribution in [-0.4, -0.2) is 4.98 Å². The van der Waals surface area contributed by atoms with Gasteiger partial charge in [-0.25, -0.2) is 4.98 Å². The number of thiazole rings is 1. The van der Waals surface area contributed by atoms with Crippen LogP contribution in [0.1, 0.15) is 17.6 Å². The molecule has 2 heterocycles. The van der Waals surface area contributed by atoms with Gasteiger partial charge in [-0.3, -0.25) is 0 Å². The predicted octanol–water partition coefficient (Wildman–Crippen LogP) is 3.38. The molecule has 2 nitrogen and oxygen atoms in total. The van der Waals surface area contributed by atoms with Gasteiger partial charge in [0.25, 0.3) is 0 Å². The summed E-state index contributed by atoms with van der Waals surface area (Å²) in [6, 6.07) is 2.08. The Kier molecular flexibility index (Phi) is 3.16. The Balaban J connectivity index is 1.92. The van der Waals surface area contributed by atoms with E-state index in [4.69, 9.17) is 0 Å². The van der Waals surface area contributed by atoms with Crippen molar-refractivity contribution in [2.45, 2.75) is 19.9 Å². The quantitative estimate of drug-likeness (QED) is 0.861. The largest absolute Gasteiger partial charge is 0.379 e. The van der Waals surface area contributed by atoms with E-state index in [1.807, 2.05) is 0 Å². The number of hydrogen-bond donors (Lipinski definition) is 1. The second kappa shape index (κ2) is 4.57. The highest BCUT2D eigenvalue weighted by atomic mass is 32.1. The van der Waals surface area contributed by atoms with Crippen LogP contribution in [0, 0.1) is 0 Å². The summed E-state index contributed by atoms with van der Waals surface area (Å²) in [5.74, 6) is 0. The summed E-state index contributed by atoms with van der Waals surface area (Å²) < 4.78 is 0. The van der Waals surface area contributed by atoms with Gasteiger partial charge < -0.3 is 5.32 Å². The Morgan fingerprint density at radius 1 is 1.43 bits per heavy atom. The first kappa shape index (κ1) is 9.68. The van der Waals surface area contributed by atoms with Crippen LogP contribution in [0.25, 0.3) is 0 Å². The smallest absolute Gasteiger partial charge is 0.0926 e. The highest BCUT2D eigenvalue weighted by Gasteiger charge is 1.99. The minimum Gasteiger partial charge on any atom is -0.379 e. The van der Waals surface area contributed by atoms with E-state index in [0.29, 0.717) is 0 Å². The zero-order valence-electron chi connectivity index (χ0n) is 7.99. The maximum Gasteiger partial charge on any atom is 0.0926 e. The summed E-state index contributed by atoms with van der Waals surface area (Å²) in [6.07, 6.45) is 1.03. The van der Waals surface area contributed by atoms with Gasteiger partial charge in [-0.2, -0.15) is 11.3 Å². The molecular weight excluding hydrogens is 212 g/mol. The molecule has 0 saturated carbocycles. The minimum atomic E-state index is 0.827. The van der Waals surface area contributed by atoms with Crippen LogP contribution in [-0.2, 0) is 13.0 Å². The molecular formula is C10H12N2S2. The normalized spacial score (nSPS) is 10.4. The molecule has 0 saturated heterocycles. The lowest BCUT2D eigenvalue weighted by molar-refractivity contribution is 1.01. The summed E-state index contributed by atoms with van der Waals surface area (Å²) >= 11 is 3.44. The molecule has 2 rings (SSSR count). The third-order valence-electron chi connectivity index (χ3n) is 1.90. The first-order valence-electron chi connectivity index (χ1n) is 4.58. The van der Waals surface area contributed by atoms with Gasteiger partial charge in [0.05, 0.1) is 17.2 Å². The maximum atomic E-state index is 4.49. The van der Waals surface area contributed by atoms with Crippen molar-refractivity contribution in [1.82, 2.24) is 4.98 Å². The first-order valence-corrected chi connectivity index (χ1v) is 6.40. The summed E-state index contributed by atoms with van der Waals surface area (Å²) in [5, 5.41) is 10.8. The molecule has 0 aliphatic heterocycles. The molecule has 0 unspecified atom stereocenters. The average Bonchev–Trinajstić information content (AvgIpc) is 2.86. The monoisotopic (exact) mass is 224 g/mol. The van der Waals surface area contributed by atoms with Crippen molar-refractivity contribution >= 4 is 28.4 Å². The van der Waals surface area contributed by atoms with E-state index >= 15 is 0 Å². The fraction of sp³-hybridized carbons (Fsp3) is 0.300. The fourth-order valence-corrected chi connectivity index (χ4v) is 2.51. The number of aromatic nitrogens is 1. The van der Waals surface area contributed by atoms with E-state index in [1.165, 1.54) is 10.7 Å². The highest BCUT2D eigenvalue weighted by molar-refractivity contribution is 7.09. The van der Waals surface area contributed by atoms with Crippen LogP contribution in [0.5, 0.6) is 0 Å². The standard InChI is InChI=1S/C10H12N2S2/c1-2-10-12-9(7-14-10)5-11-8-3-4-13-6-8/h3-4,6-7,11H,2,5H2,1H3. The van der Waals surface area contributed by atoms with Crippen LogP contribution in [0.15, 0.2) is 22.2 Å². The molecule has 0 bridgehead atoms. The molecule has 2 aromatic heterocycles. The second-order valence-corrected chi connectivity index (χ2v) is 4.67. The Bertz CT molecular complexity index is 378. The average molecular weight is 224 g/mol. The molecule has 0 atom stereocenters. The molecule has 0 aliphatic carbocycles. The zero-order valence-corrected chi connectivity index (χ0v) is 9.62. The third kappa shape index (κ3) is 2.33. The number of anilines is 1. The van der Waals surface area contributed by atoms with E-state index in [9.17, 15) is 0 Å². The number of rotatable bonds is 4. The van der Waals surface area contributed by atoms with Crippen molar-refractivity contribution in [1.29, 1.82) is 0 Å². The van der Waals surface area contributed by atoms with E-state index in [0.717, 1.165) is 18.7 Å². The summed E-state index contributed by atoms with van der Waals surface area (Å²) in [7, 11) is 0. The van der Waals surface area contributed by atoms with E-state index < -0.39 is 0 Å². The summed E-state index contributed by atoms with van der Waals surface area (Å²) in [4.78, 5) is 4.49. The molecule has 14 heavy (non-hydrogen) atoms. The maximum absolute atomic E-state index is 4.49. The molecule has 4 heteroatoms. The van der Waals surface area contributed by atoms with Gasteiger partial charge in [0, 0.05) is 16.4 Å². The van der Waals surface area contributed by atoms with E-state index in [1.54, 1.807) is 22.7 Å². The molecule has 1 N–H and O–H groups in total. The van der Waals surface area contributed by atoms with Gasteiger partial charge in [-0.05, 0) is 17.9 Å². The molecule has 0 amide bonds. The lowest BCUT2D eigenvalue weighted by Crippen LogP contribution is -1.98. The number of thiophene rings is 1. The Labute approximate surface area is 91.6 Å². The Morgan fingerprint density at radius 3 is 3.00 bits per heavy atom. The van der Waals surface area contributed by atoms with Gasteiger partial charge in [0.2, 0.25) is 0 Å². The van der Waals surface area contributed by atoms with Gasteiger partial charge in [-0.15, -0.1) is 11.3 Å². The lowest BCUT2D eigenvalue weighted by atomic mass is 10.4. The summed E-state index contributed by atoms with van der Waals surface area (Å²) in [5.41, 5.74) is 2.32. The fourth-order valence-electron chi connectivity index (χ4n) is 1.15. The first-order chi connectivity index (χ1) is 6.88. The van der Waals surface area contributed by atoms with E-state index in [2.05, 4.69) is 39.4 Å². The number of nitrogens with zero attached hydrogens (tertiary/aromatic N) is 1. The summed E-state index contributed by atoms with van der Waals surface area (Å²) in [6.45, 7) is 2.96. The topological polar surface area (TPSA) is 24.9 Å². The van der Waals surface area contributed by atoms with Crippen molar-refractivity contribution < 1.29 is 0 Å². The lowest BCUT2D eigenvalue weighted by Gasteiger charge is -1.99. The Morgan fingerprint density at radius 2 is 2.36 bits per heavy atom. The van der Waals surface area contributed by atoms with Crippen molar-refractivity contribution in [2.75, 3.05) is 5.32 Å². The molecule has 0 aliphatic rings. The molecule has 0 spiro atoms. The molecule has 0 radical (unpaired) electrons.